The SMILES string of the molecule is COC(=O)[C@@H](C)OC(C)=O. The number of hydrogen-bond acceptors (Lipinski definition) is 4. The van der Waals surface area contributed by atoms with E-state index in [0.29, 0.717) is 0 Å². The van der Waals surface area contributed by atoms with E-state index in [1.54, 1.807) is 0 Å². The van der Waals surface area contributed by atoms with E-state index < -0.39 is 18.0 Å². The van der Waals surface area contributed by atoms with Crippen LogP contribution in [0.3, 0.4) is 0 Å². The van der Waals surface area contributed by atoms with Crippen LogP contribution < -0.4 is 0 Å². The number of methoxy groups -OCH3 is 1. The molecule has 0 aromatic heterocycles. The van der Waals surface area contributed by atoms with E-state index in [-0.39, 0.29) is 0 Å². The summed E-state index contributed by atoms with van der Waals surface area (Å²) in [5, 5.41) is 0. The van der Waals surface area contributed by atoms with Gasteiger partial charge in [-0.1, -0.05) is 0 Å². The summed E-state index contributed by atoms with van der Waals surface area (Å²) >= 11 is 0. The van der Waals surface area contributed by atoms with Crippen molar-refractivity contribution in [2.75, 3.05) is 7.11 Å². The predicted octanol–water partition coefficient (Wildman–Crippen LogP) is 0.111. The summed E-state index contributed by atoms with van der Waals surface area (Å²) in [4.78, 5) is 20.8. The van der Waals surface area contributed by atoms with Crippen LogP contribution in [0.5, 0.6) is 0 Å². The van der Waals surface area contributed by atoms with Gasteiger partial charge < -0.3 is 9.47 Å². The quantitative estimate of drug-likeness (QED) is 0.519. The second-order valence-corrected chi connectivity index (χ2v) is 1.77. The molecule has 0 rings (SSSR count). The van der Waals surface area contributed by atoms with Crippen LogP contribution in [-0.4, -0.2) is 25.2 Å². The van der Waals surface area contributed by atoms with Crippen molar-refractivity contribution in [1.29, 1.82) is 0 Å². The zero-order valence-electron chi connectivity index (χ0n) is 6.21. The topological polar surface area (TPSA) is 52.6 Å². The minimum Gasteiger partial charge on any atom is -0.466 e. The van der Waals surface area contributed by atoms with Crippen LogP contribution in [-0.2, 0) is 19.1 Å². The average Bonchev–Trinajstić information content (AvgIpc) is 1.85. The van der Waals surface area contributed by atoms with Crippen molar-refractivity contribution in [3.63, 3.8) is 0 Å². The molecule has 0 aromatic carbocycles. The molecule has 0 saturated carbocycles. The van der Waals surface area contributed by atoms with Gasteiger partial charge in [0, 0.05) is 6.92 Å². The van der Waals surface area contributed by atoms with Gasteiger partial charge in [0.1, 0.15) is 0 Å². The van der Waals surface area contributed by atoms with E-state index in [9.17, 15) is 9.59 Å². The summed E-state index contributed by atoms with van der Waals surface area (Å²) in [6, 6.07) is 0. The first kappa shape index (κ1) is 8.94. The number of rotatable bonds is 2. The second kappa shape index (κ2) is 3.87. The van der Waals surface area contributed by atoms with E-state index in [4.69, 9.17) is 0 Å². The Kier molecular flexibility index (Phi) is 3.46. The Hall–Kier alpha value is -1.06. The van der Waals surface area contributed by atoms with Gasteiger partial charge in [-0.2, -0.15) is 0 Å². The predicted molar refractivity (Wildman–Crippen MR) is 33.2 cm³/mol. The summed E-state index contributed by atoms with van der Waals surface area (Å²) in [7, 11) is 1.24. The maximum Gasteiger partial charge on any atom is 0.346 e. The van der Waals surface area contributed by atoms with Crippen molar-refractivity contribution in [1.82, 2.24) is 0 Å². The molecular weight excluding hydrogens is 136 g/mol. The third-order valence-corrected chi connectivity index (χ3v) is 0.876. The highest BCUT2D eigenvalue weighted by Crippen LogP contribution is 1.92. The van der Waals surface area contributed by atoms with E-state index >= 15 is 0 Å². The molecule has 10 heavy (non-hydrogen) atoms. The summed E-state index contributed by atoms with van der Waals surface area (Å²) < 4.78 is 8.79. The first-order valence-electron chi connectivity index (χ1n) is 2.83. The van der Waals surface area contributed by atoms with Gasteiger partial charge in [0.15, 0.2) is 6.10 Å². The largest absolute Gasteiger partial charge is 0.466 e. The molecule has 4 heteroatoms. The van der Waals surface area contributed by atoms with Crippen LogP contribution in [0, 0.1) is 0 Å². The lowest BCUT2D eigenvalue weighted by molar-refractivity contribution is -0.163. The first-order valence-corrected chi connectivity index (χ1v) is 2.83. The second-order valence-electron chi connectivity index (χ2n) is 1.77. The van der Waals surface area contributed by atoms with Crippen molar-refractivity contribution in [2.24, 2.45) is 0 Å². The van der Waals surface area contributed by atoms with Gasteiger partial charge in [-0.15, -0.1) is 0 Å². The maximum atomic E-state index is 10.5. The molecule has 0 radical (unpaired) electrons. The molecule has 4 nitrogen and oxygen atoms in total. The van der Waals surface area contributed by atoms with Gasteiger partial charge in [-0.25, -0.2) is 4.79 Å². The molecule has 0 amide bonds. The number of ether oxygens (including phenoxy) is 2. The molecule has 58 valence electrons. The van der Waals surface area contributed by atoms with Gasteiger partial charge in [0.2, 0.25) is 0 Å². The lowest BCUT2D eigenvalue weighted by atomic mass is 10.4. The monoisotopic (exact) mass is 146 g/mol. The Morgan fingerprint density at radius 1 is 1.40 bits per heavy atom. The fourth-order valence-electron chi connectivity index (χ4n) is 0.463. The van der Waals surface area contributed by atoms with E-state index in [2.05, 4.69) is 9.47 Å². The first-order chi connectivity index (χ1) is 4.57. The molecule has 0 aromatic rings. The third-order valence-electron chi connectivity index (χ3n) is 0.876. The molecule has 0 spiro atoms. The highest BCUT2D eigenvalue weighted by atomic mass is 16.6. The minimum absolute atomic E-state index is 0.488. The zero-order chi connectivity index (χ0) is 8.15. The zero-order valence-corrected chi connectivity index (χ0v) is 6.21. The van der Waals surface area contributed by atoms with Crippen LogP contribution in [0.2, 0.25) is 0 Å². The van der Waals surface area contributed by atoms with Crippen LogP contribution in [0.4, 0.5) is 0 Å². The van der Waals surface area contributed by atoms with Crippen LogP contribution in [0.1, 0.15) is 13.8 Å². The smallest absolute Gasteiger partial charge is 0.346 e. The summed E-state index contributed by atoms with van der Waals surface area (Å²) in [5.74, 6) is -1.03. The van der Waals surface area contributed by atoms with E-state index in [0.717, 1.165) is 0 Å². The molecule has 0 fully saturated rings. The number of carbonyl (C=O) groups is 2. The normalized spacial score (nSPS) is 11.9. The molecule has 0 saturated heterocycles. The molecule has 0 N–H and O–H groups in total. The fourth-order valence-corrected chi connectivity index (χ4v) is 0.463. The summed E-state index contributed by atoms with van der Waals surface area (Å²) in [6.45, 7) is 2.69. The van der Waals surface area contributed by atoms with Gasteiger partial charge in [-0.05, 0) is 6.92 Å². The lowest BCUT2D eigenvalue weighted by Gasteiger charge is -2.07. The van der Waals surface area contributed by atoms with Gasteiger partial charge >= 0.3 is 11.9 Å². The Bertz CT molecular complexity index is 141. The Balaban J connectivity index is 3.72. The summed E-state index contributed by atoms with van der Waals surface area (Å²) in [6.07, 6.45) is -0.803. The molecule has 0 aliphatic carbocycles. The summed E-state index contributed by atoms with van der Waals surface area (Å²) in [5.41, 5.74) is 0. The standard InChI is InChI=1S/C6H10O4/c1-4(6(8)9-3)10-5(2)7/h4H,1-3H3/t4-/m1/s1. The Morgan fingerprint density at radius 2 is 1.90 bits per heavy atom. The number of carbonyl (C=O) groups excluding carboxylic acids is 2. The molecule has 0 bridgehead atoms. The van der Waals surface area contributed by atoms with Gasteiger partial charge in [-0.3, -0.25) is 4.79 Å². The minimum atomic E-state index is -0.803. The molecule has 0 aliphatic rings. The van der Waals surface area contributed by atoms with E-state index in [1.807, 2.05) is 0 Å². The lowest BCUT2D eigenvalue weighted by Crippen LogP contribution is -2.23. The van der Waals surface area contributed by atoms with E-state index in [1.165, 1.54) is 21.0 Å². The highest BCUT2D eigenvalue weighted by Gasteiger charge is 2.14. The number of hydrogen-bond donors (Lipinski definition) is 0. The van der Waals surface area contributed by atoms with Crippen LogP contribution in [0.15, 0.2) is 0 Å². The van der Waals surface area contributed by atoms with Crippen molar-refractivity contribution in [3.8, 4) is 0 Å². The molecule has 0 unspecified atom stereocenters. The Labute approximate surface area is 59.1 Å². The fraction of sp³-hybridized carbons (Fsp3) is 0.667. The van der Waals surface area contributed by atoms with Crippen LogP contribution in [0.25, 0.3) is 0 Å². The molecule has 1 atom stereocenters. The van der Waals surface area contributed by atoms with Crippen LogP contribution >= 0.6 is 0 Å². The van der Waals surface area contributed by atoms with Crippen molar-refractivity contribution in [3.05, 3.63) is 0 Å². The highest BCUT2D eigenvalue weighted by molar-refractivity contribution is 5.77. The molecular formula is C6H10O4. The van der Waals surface area contributed by atoms with Crippen molar-refractivity contribution in [2.45, 2.75) is 20.0 Å². The molecule has 0 heterocycles. The third kappa shape index (κ3) is 3.06. The Morgan fingerprint density at radius 3 is 2.20 bits per heavy atom. The maximum absolute atomic E-state index is 10.5. The van der Waals surface area contributed by atoms with Crippen molar-refractivity contribution >= 4 is 11.9 Å². The van der Waals surface area contributed by atoms with Crippen molar-refractivity contribution < 1.29 is 19.1 Å². The average molecular weight is 146 g/mol. The van der Waals surface area contributed by atoms with Gasteiger partial charge in [0.25, 0.3) is 0 Å². The van der Waals surface area contributed by atoms with Gasteiger partial charge in [0.05, 0.1) is 7.11 Å². The number of esters is 2. The molecule has 0 aliphatic heterocycles.